The van der Waals surface area contributed by atoms with E-state index in [4.69, 9.17) is 0 Å². The fraction of sp³-hybridized carbons (Fsp3) is 0.579. The second-order valence-electron chi connectivity index (χ2n) is 8.01. The first-order valence-electron chi connectivity index (χ1n) is 9.76. The molecule has 3 fully saturated rings. The molecule has 0 unspecified atom stereocenters. The number of thiophene rings is 1. The lowest BCUT2D eigenvalue weighted by Crippen LogP contribution is -2.50. The number of hydrogen-bond donors (Lipinski definition) is 0. The smallest absolute Gasteiger partial charge is 0.252 e. The molecule has 2 saturated heterocycles. The molecular weight excluding hydrogens is 398 g/mol. The summed E-state index contributed by atoms with van der Waals surface area (Å²) in [7, 11) is -3.41. The van der Waals surface area contributed by atoms with Gasteiger partial charge < -0.3 is 0 Å². The van der Waals surface area contributed by atoms with Gasteiger partial charge in [-0.3, -0.25) is 19.4 Å². The quantitative estimate of drug-likeness (QED) is 0.521. The topological polar surface area (TPSA) is 78.0 Å². The van der Waals surface area contributed by atoms with Crippen molar-refractivity contribution in [2.24, 2.45) is 23.7 Å². The van der Waals surface area contributed by atoms with Gasteiger partial charge in [-0.2, -0.15) is 4.31 Å². The Labute approximate surface area is 168 Å². The van der Waals surface area contributed by atoms with Crippen molar-refractivity contribution in [3.05, 3.63) is 29.7 Å². The highest BCUT2D eigenvalue weighted by molar-refractivity contribution is 7.91. The molecule has 2 aliphatic heterocycles. The molecule has 1 aromatic heterocycles. The molecule has 0 N–H and O–H groups in total. The summed E-state index contributed by atoms with van der Waals surface area (Å²) in [5.41, 5.74) is 0. The summed E-state index contributed by atoms with van der Waals surface area (Å²) in [5, 5.41) is 1.77. The van der Waals surface area contributed by atoms with Gasteiger partial charge in [0.2, 0.25) is 11.8 Å². The number of amides is 2. The van der Waals surface area contributed by atoms with E-state index in [1.54, 1.807) is 17.5 Å². The first-order chi connectivity index (χ1) is 13.5. The summed E-state index contributed by atoms with van der Waals surface area (Å²) in [4.78, 5) is 29.1. The van der Waals surface area contributed by atoms with Crippen molar-refractivity contribution in [2.75, 3.05) is 39.3 Å². The van der Waals surface area contributed by atoms with E-state index >= 15 is 0 Å². The fourth-order valence-corrected chi connectivity index (χ4v) is 7.72. The highest BCUT2D eigenvalue weighted by atomic mass is 32.2. The van der Waals surface area contributed by atoms with Crippen molar-refractivity contribution in [2.45, 2.75) is 10.6 Å². The Balaban J connectivity index is 1.16. The van der Waals surface area contributed by atoms with Crippen molar-refractivity contribution in [1.82, 2.24) is 14.1 Å². The van der Waals surface area contributed by atoms with Gasteiger partial charge in [0.25, 0.3) is 10.0 Å². The third-order valence-corrected chi connectivity index (χ3v) is 9.89. The van der Waals surface area contributed by atoms with Gasteiger partial charge in [0.1, 0.15) is 4.21 Å². The van der Waals surface area contributed by atoms with E-state index in [0.29, 0.717) is 43.5 Å². The van der Waals surface area contributed by atoms with Crippen LogP contribution in [0, 0.1) is 23.7 Å². The Kier molecular flexibility index (Phi) is 4.46. The number of hydrogen-bond acceptors (Lipinski definition) is 6. The lowest BCUT2D eigenvalue weighted by Gasteiger charge is -2.34. The standard InChI is InChI=1S/C19H23N3O4S2/c23-18-16-13-3-4-14(12-13)17(16)19(24)22(18)10-7-20-5-8-21(9-6-20)28(25,26)15-2-1-11-27-15/h1-4,11,13-14,16-17H,5-10,12H2/t13-,14+,16-,17-/m0/s1. The summed E-state index contributed by atoms with van der Waals surface area (Å²) in [6.45, 7) is 3.10. The predicted molar refractivity (Wildman–Crippen MR) is 104 cm³/mol. The summed E-state index contributed by atoms with van der Waals surface area (Å²) in [6.07, 6.45) is 5.16. The SMILES string of the molecule is O=C1[C@@H]2[C@@H](C(=O)N1CCN1CCN(S(=O)(=O)c3cccs3)CC1)[C@H]1C=C[C@@H]2C1. The van der Waals surface area contributed by atoms with Crippen LogP contribution in [0.15, 0.2) is 33.9 Å². The number of likely N-dealkylation sites (tertiary alicyclic amines) is 1. The van der Waals surface area contributed by atoms with Crippen LogP contribution in [0.25, 0.3) is 0 Å². The largest absolute Gasteiger partial charge is 0.299 e. The van der Waals surface area contributed by atoms with Gasteiger partial charge in [-0.25, -0.2) is 8.42 Å². The molecule has 0 aromatic carbocycles. The summed E-state index contributed by atoms with van der Waals surface area (Å²) >= 11 is 1.24. The predicted octanol–water partition coefficient (Wildman–Crippen LogP) is 0.862. The minimum Gasteiger partial charge on any atom is -0.299 e. The lowest BCUT2D eigenvalue weighted by atomic mass is 9.85. The molecule has 4 aliphatic rings. The molecule has 2 aliphatic carbocycles. The Morgan fingerprint density at radius 2 is 1.61 bits per heavy atom. The first kappa shape index (κ1) is 18.5. The molecule has 150 valence electrons. The van der Waals surface area contributed by atoms with Crippen LogP contribution in [0.5, 0.6) is 0 Å². The second kappa shape index (κ2) is 6.76. The van der Waals surface area contributed by atoms with E-state index in [1.165, 1.54) is 20.5 Å². The van der Waals surface area contributed by atoms with Gasteiger partial charge in [0, 0.05) is 39.3 Å². The highest BCUT2D eigenvalue weighted by Crippen LogP contribution is 2.52. The third-order valence-electron chi connectivity index (χ3n) is 6.62. The van der Waals surface area contributed by atoms with Crippen LogP contribution < -0.4 is 0 Å². The van der Waals surface area contributed by atoms with Crippen molar-refractivity contribution in [1.29, 1.82) is 0 Å². The Morgan fingerprint density at radius 1 is 0.964 bits per heavy atom. The van der Waals surface area contributed by atoms with E-state index in [2.05, 4.69) is 17.1 Å². The van der Waals surface area contributed by atoms with Gasteiger partial charge in [-0.1, -0.05) is 18.2 Å². The lowest BCUT2D eigenvalue weighted by molar-refractivity contribution is -0.140. The second-order valence-corrected chi connectivity index (χ2v) is 11.1. The number of fused-ring (bicyclic) bond motifs is 5. The fourth-order valence-electron chi connectivity index (χ4n) is 5.16. The van der Waals surface area contributed by atoms with E-state index in [-0.39, 0.29) is 35.5 Å². The van der Waals surface area contributed by atoms with Gasteiger partial charge in [-0.05, 0) is 29.7 Å². The van der Waals surface area contributed by atoms with E-state index in [1.807, 2.05) is 0 Å². The zero-order valence-electron chi connectivity index (χ0n) is 15.4. The molecular formula is C19H23N3O4S2. The van der Waals surface area contributed by atoms with Crippen LogP contribution in [-0.4, -0.2) is 73.6 Å². The Hall–Kier alpha value is -1.55. The summed E-state index contributed by atoms with van der Waals surface area (Å²) in [5.74, 6) is 0.173. The van der Waals surface area contributed by atoms with Crippen LogP contribution in [0.3, 0.4) is 0 Å². The first-order valence-corrected chi connectivity index (χ1v) is 12.1. The monoisotopic (exact) mass is 421 g/mol. The van der Waals surface area contributed by atoms with Crippen LogP contribution in [-0.2, 0) is 19.6 Å². The van der Waals surface area contributed by atoms with Gasteiger partial charge in [0.15, 0.2) is 0 Å². The number of piperazine rings is 1. The molecule has 2 bridgehead atoms. The van der Waals surface area contributed by atoms with Crippen LogP contribution >= 0.6 is 11.3 Å². The molecule has 7 nitrogen and oxygen atoms in total. The maximum atomic E-state index is 12.7. The number of carbonyl (C=O) groups is 2. The maximum Gasteiger partial charge on any atom is 0.252 e. The molecule has 28 heavy (non-hydrogen) atoms. The molecule has 2 amide bonds. The average Bonchev–Trinajstić information content (AvgIpc) is 3.47. The minimum absolute atomic E-state index is 0.00856. The van der Waals surface area contributed by atoms with Crippen LogP contribution in [0.1, 0.15) is 6.42 Å². The number of carbonyl (C=O) groups excluding carboxylic acids is 2. The number of imide groups is 1. The molecule has 1 aromatic rings. The van der Waals surface area contributed by atoms with E-state index in [0.717, 1.165) is 6.42 Å². The zero-order chi connectivity index (χ0) is 19.5. The molecule has 3 heterocycles. The average molecular weight is 422 g/mol. The van der Waals surface area contributed by atoms with Gasteiger partial charge >= 0.3 is 0 Å². The normalized spacial score (nSPS) is 33.2. The van der Waals surface area contributed by atoms with E-state index in [9.17, 15) is 18.0 Å². The van der Waals surface area contributed by atoms with Crippen molar-refractivity contribution in [3.8, 4) is 0 Å². The van der Waals surface area contributed by atoms with E-state index < -0.39 is 10.0 Å². The van der Waals surface area contributed by atoms with Crippen molar-refractivity contribution < 1.29 is 18.0 Å². The summed E-state index contributed by atoms with van der Waals surface area (Å²) < 4.78 is 27.1. The van der Waals surface area contributed by atoms with Crippen LogP contribution in [0.4, 0.5) is 0 Å². The zero-order valence-corrected chi connectivity index (χ0v) is 17.1. The molecule has 4 atom stereocenters. The molecule has 1 saturated carbocycles. The van der Waals surface area contributed by atoms with Gasteiger partial charge in [-0.15, -0.1) is 11.3 Å². The number of nitrogens with zero attached hydrogens (tertiary/aromatic N) is 3. The van der Waals surface area contributed by atoms with Crippen molar-refractivity contribution in [3.63, 3.8) is 0 Å². The Morgan fingerprint density at radius 3 is 2.18 bits per heavy atom. The highest BCUT2D eigenvalue weighted by Gasteiger charge is 2.59. The molecule has 5 rings (SSSR count). The molecule has 0 spiro atoms. The number of rotatable bonds is 5. The minimum atomic E-state index is -3.41. The maximum absolute atomic E-state index is 12.7. The van der Waals surface area contributed by atoms with Crippen molar-refractivity contribution >= 4 is 33.2 Å². The van der Waals surface area contributed by atoms with Crippen LogP contribution in [0.2, 0.25) is 0 Å². The Bertz CT molecular complexity index is 889. The third kappa shape index (κ3) is 2.79. The van der Waals surface area contributed by atoms with Gasteiger partial charge in [0.05, 0.1) is 11.8 Å². The molecule has 0 radical (unpaired) electrons. The number of sulfonamides is 1. The molecule has 9 heteroatoms. The number of allylic oxidation sites excluding steroid dienone is 2. The summed E-state index contributed by atoms with van der Waals surface area (Å²) in [6, 6.07) is 3.38.